The largest absolute Gasteiger partial charge is 0.305 e. The van der Waals surface area contributed by atoms with Crippen LogP contribution >= 0.6 is 0 Å². The number of hydrogen-bond acceptors (Lipinski definition) is 5. The van der Waals surface area contributed by atoms with Crippen molar-refractivity contribution in [1.82, 2.24) is 15.0 Å². The summed E-state index contributed by atoms with van der Waals surface area (Å²) in [5, 5.41) is 5.28. The van der Waals surface area contributed by atoms with E-state index in [9.17, 15) is 9.59 Å². The molecule has 0 saturated carbocycles. The summed E-state index contributed by atoms with van der Waals surface area (Å²) in [6, 6.07) is 11.5. The van der Waals surface area contributed by atoms with Gasteiger partial charge in [-0.3, -0.25) is 9.59 Å². The van der Waals surface area contributed by atoms with Gasteiger partial charge >= 0.3 is 0 Å². The molecule has 2 N–H and O–H groups in total. The van der Waals surface area contributed by atoms with Crippen LogP contribution in [0.5, 0.6) is 0 Å². The smallest absolute Gasteiger partial charge is 0.275 e. The lowest BCUT2D eigenvalue weighted by Gasteiger charge is -2.07. The number of nitrogens with one attached hydrogen (secondary N) is 2. The van der Waals surface area contributed by atoms with E-state index in [2.05, 4.69) is 38.7 Å². The van der Waals surface area contributed by atoms with Crippen LogP contribution < -0.4 is 10.6 Å². The molecule has 28 heavy (non-hydrogen) atoms. The van der Waals surface area contributed by atoms with E-state index >= 15 is 0 Å². The summed E-state index contributed by atoms with van der Waals surface area (Å²) in [5.41, 5.74) is 1.86. The van der Waals surface area contributed by atoms with E-state index in [1.807, 2.05) is 0 Å². The first kappa shape index (κ1) is 18.7. The van der Waals surface area contributed by atoms with Crippen molar-refractivity contribution in [1.29, 1.82) is 0 Å². The molecule has 7 nitrogen and oxygen atoms in total. The third-order valence-corrected chi connectivity index (χ3v) is 3.74. The maximum atomic E-state index is 12.4. The Balaban J connectivity index is 1.70. The molecule has 138 valence electrons. The fourth-order valence-electron chi connectivity index (χ4n) is 2.25. The Bertz CT molecular complexity index is 947. The average molecular weight is 371 g/mol. The van der Waals surface area contributed by atoms with E-state index in [0.717, 1.165) is 11.1 Å². The molecule has 7 heteroatoms. The second-order valence-electron chi connectivity index (χ2n) is 5.68. The monoisotopic (exact) mass is 371 g/mol. The first-order valence-electron chi connectivity index (χ1n) is 8.36. The summed E-state index contributed by atoms with van der Waals surface area (Å²) in [6.45, 7) is 7.30. The van der Waals surface area contributed by atoms with Gasteiger partial charge in [0.05, 0.1) is 0 Å². The summed E-state index contributed by atoms with van der Waals surface area (Å²) in [6.07, 6.45) is 6.49. The third-order valence-electron chi connectivity index (χ3n) is 3.74. The number of hydrogen-bond donors (Lipinski definition) is 2. The molecule has 0 aromatic carbocycles. The Morgan fingerprint density at radius 2 is 1.21 bits per heavy atom. The molecule has 0 atom stereocenters. The van der Waals surface area contributed by atoms with Crippen LogP contribution in [0.3, 0.4) is 0 Å². The van der Waals surface area contributed by atoms with Gasteiger partial charge < -0.3 is 10.6 Å². The molecule has 0 fully saturated rings. The second kappa shape index (κ2) is 8.50. The van der Waals surface area contributed by atoms with Crippen molar-refractivity contribution in [2.75, 3.05) is 10.6 Å². The van der Waals surface area contributed by atoms with Crippen LogP contribution in [0.25, 0.3) is 12.2 Å². The molecular weight excluding hydrogens is 354 g/mol. The quantitative estimate of drug-likeness (QED) is 0.689. The van der Waals surface area contributed by atoms with E-state index in [1.54, 1.807) is 54.9 Å². The van der Waals surface area contributed by atoms with Gasteiger partial charge in [-0.2, -0.15) is 0 Å². The summed E-state index contributed by atoms with van der Waals surface area (Å²) in [5.74, 6) is -0.193. The normalized spacial score (nSPS) is 10.0. The Morgan fingerprint density at radius 1 is 0.750 bits per heavy atom. The zero-order valence-electron chi connectivity index (χ0n) is 14.9. The van der Waals surface area contributed by atoms with Gasteiger partial charge in [-0.05, 0) is 47.5 Å². The number of nitrogens with zero attached hydrogens (tertiary/aromatic N) is 3. The minimum Gasteiger partial charge on any atom is -0.305 e. The minimum absolute atomic E-state index is 0.0946. The molecule has 0 saturated heterocycles. The average Bonchev–Trinajstić information content (AvgIpc) is 2.75. The van der Waals surface area contributed by atoms with E-state index in [0.29, 0.717) is 11.6 Å². The van der Waals surface area contributed by atoms with Gasteiger partial charge in [0.1, 0.15) is 23.0 Å². The number of anilines is 2. The highest BCUT2D eigenvalue weighted by molar-refractivity contribution is 6.05. The molecule has 0 bridgehead atoms. The van der Waals surface area contributed by atoms with Crippen LogP contribution in [-0.2, 0) is 0 Å². The molecule has 0 aliphatic heterocycles. The number of rotatable bonds is 6. The predicted octanol–water partition coefficient (Wildman–Crippen LogP) is 3.66. The van der Waals surface area contributed by atoms with Crippen LogP contribution in [-0.4, -0.2) is 26.8 Å². The fourth-order valence-corrected chi connectivity index (χ4v) is 2.25. The van der Waals surface area contributed by atoms with Gasteiger partial charge in [-0.25, -0.2) is 15.0 Å². The maximum absolute atomic E-state index is 12.4. The number of pyridine rings is 3. The van der Waals surface area contributed by atoms with E-state index in [1.165, 1.54) is 12.1 Å². The molecule has 0 aliphatic rings. The number of carbonyl (C=O) groups excluding carboxylic acids is 2. The lowest BCUT2D eigenvalue weighted by atomic mass is 10.2. The van der Waals surface area contributed by atoms with Gasteiger partial charge in [0, 0.05) is 12.4 Å². The number of carbonyl (C=O) groups is 2. The van der Waals surface area contributed by atoms with Crippen LogP contribution in [0.1, 0.15) is 32.1 Å². The molecule has 2 amide bonds. The summed E-state index contributed by atoms with van der Waals surface area (Å²) >= 11 is 0. The van der Waals surface area contributed by atoms with Crippen molar-refractivity contribution >= 4 is 35.6 Å². The van der Waals surface area contributed by atoms with Crippen LogP contribution in [0.15, 0.2) is 68.0 Å². The highest BCUT2D eigenvalue weighted by Crippen LogP contribution is 2.10. The lowest BCUT2D eigenvalue weighted by Crippen LogP contribution is -2.19. The van der Waals surface area contributed by atoms with E-state index < -0.39 is 11.8 Å². The topological polar surface area (TPSA) is 96.9 Å². The zero-order chi connectivity index (χ0) is 19.9. The third kappa shape index (κ3) is 4.53. The van der Waals surface area contributed by atoms with Gasteiger partial charge in [0.2, 0.25) is 0 Å². The summed E-state index contributed by atoms with van der Waals surface area (Å²) in [4.78, 5) is 37.1. The molecule has 0 aliphatic carbocycles. The molecular formula is C21H17N5O2. The molecule has 3 aromatic heterocycles. The second-order valence-corrected chi connectivity index (χ2v) is 5.68. The van der Waals surface area contributed by atoms with Gasteiger partial charge in [0.25, 0.3) is 11.8 Å². The highest BCUT2D eigenvalue weighted by Gasteiger charge is 2.13. The van der Waals surface area contributed by atoms with E-state index in [4.69, 9.17) is 0 Å². The molecule has 3 rings (SSSR count). The van der Waals surface area contributed by atoms with E-state index in [-0.39, 0.29) is 11.4 Å². The maximum Gasteiger partial charge on any atom is 0.275 e. The van der Waals surface area contributed by atoms with Crippen LogP contribution in [0.4, 0.5) is 11.6 Å². The number of aromatic nitrogens is 3. The molecule has 0 radical (unpaired) electrons. The zero-order valence-corrected chi connectivity index (χ0v) is 14.9. The Morgan fingerprint density at radius 3 is 1.57 bits per heavy atom. The number of amides is 2. The standard InChI is InChI=1S/C21H17N5O2/c1-3-14-8-10-18(22-12-14)25-20(27)16-6-5-7-17(24-16)21(28)26-19-11-9-15(4-2)13-23-19/h3-13H,1-2H2,(H,22,25,27)(H,23,26,28). The van der Waals surface area contributed by atoms with Gasteiger partial charge in [-0.1, -0.05) is 31.4 Å². The van der Waals surface area contributed by atoms with Gasteiger partial charge in [-0.15, -0.1) is 0 Å². The van der Waals surface area contributed by atoms with Crippen molar-refractivity contribution in [3.05, 3.63) is 90.5 Å². The Kier molecular flexibility index (Phi) is 5.66. The lowest BCUT2D eigenvalue weighted by molar-refractivity contribution is 0.101. The van der Waals surface area contributed by atoms with Crippen molar-refractivity contribution < 1.29 is 9.59 Å². The van der Waals surface area contributed by atoms with Crippen molar-refractivity contribution in [2.45, 2.75) is 0 Å². The molecule has 3 aromatic rings. The molecule has 0 unspecified atom stereocenters. The summed E-state index contributed by atoms with van der Waals surface area (Å²) < 4.78 is 0. The fraction of sp³-hybridized carbons (Fsp3) is 0. The first-order chi connectivity index (χ1) is 13.6. The minimum atomic E-state index is -0.470. The van der Waals surface area contributed by atoms with Crippen LogP contribution in [0.2, 0.25) is 0 Å². The molecule has 0 spiro atoms. The van der Waals surface area contributed by atoms with Crippen molar-refractivity contribution in [2.24, 2.45) is 0 Å². The first-order valence-corrected chi connectivity index (χ1v) is 8.36. The van der Waals surface area contributed by atoms with Crippen LogP contribution in [0, 0.1) is 0 Å². The van der Waals surface area contributed by atoms with Crippen molar-refractivity contribution in [3.8, 4) is 0 Å². The van der Waals surface area contributed by atoms with Gasteiger partial charge in [0.15, 0.2) is 0 Å². The van der Waals surface area contributed by atoms with Crippen molar-refractivity contribution in [3.63, 3.8) is 0 Å². The summed E-state index contributed by atoms with van der Waals surface area (Å²) in [7, 11) is 0. The predicted molar refractivity (Wildman–Crippen MR) is 109 cm³/mol. The SMILES string of the molecule is C=Cc1ccc(NC(=O)c2cccc(C(=O)Nc3ccc(C=C)cn3)n2)nc1. The Hall–Kier alpha value is -4.13. The Labute approximate surface area is 161 Å². The highest BCUT2D eigenvalue weighted by atomic mass is 16.2. The molecule has 3 heterocycles.